The third kappa shape index (κ3) is 2.79. The average molecular weight is 263 g/mol. The van der Waals surface area contributed by atoms with Gasteiger partial charge in [-0.05, 0) is 49.7 Å². The van der Waals surface area contributed by atoms with E-state index >= 15 is 0 Å². The Hall–Kier alpha value is -1.19. The molecule has 0 saturated carbocycles. The highest BCUT2D eigenvalue weighted by Crippen LogP contribution is 2.30. The van der Waals surface area contributed by atoms with Gasteiger partial charge in [0.15, 0.2) is 0 Å². The molecule has 0 amide bonds. The lowest BCUT2D eigenvalue weighted by atomic mass is 10.0. The Balaban J connectivity index is 2.36. The molecule has 1 nitrogen and oxygen atoms in total. The predicted molar refractivity (Wildman–Crippen MR) is 75.7 cm³/mol. The molecule has 1 unspecified atom stereocenters. The molecule has 18 heavy (non-hydrogen) atoms. The van der Waals surface area contributed by atoms with Crippen LogP contribution in [-0.2, 0) is 0 Å². The summed E-state index contributed by atoms with van der Waals surface area (Å²) in [7, 11) is 0. The van der Waals surface area contributed by atoms with Gasteiger partial charge >= 0.3 is 0 Å². The quantitative estimate of drug-likeness (QED) is 0.871. The summed E-state index contributed by atoms with van der Waals surface area (Å²) in [5.41, 5.74) is 2.43. The first-order chi connectivity index (χ1) is 8.61. The summed E-state index contributed by atoms with van der Waals surface area (Å²) in [5.74, 6) is -0.187. The molecule has 2 rings (SSSR count). The van der Waals surface area contributed by atoms with E-state index in [0.29, 0.717) is 0 Å². The minimum atomic E-state index is -0.187. The van der Waals surface area contributed by atoms with Crippen LogP contribution in [0.3, 0.4) is 0 Å². The fourth-order valence-electron chi connectivity index (χ4n) is 1.99. The highest BCUT2D eigenvalue weighted by atomic mass is 32.1. The lowest BCUT2D eigenvalue weighted by molar-refractivity contribution is 0.617. The summed E-state index contributed by atoms with van der Waals surface area (Å²) < 4.78 is 13.0. The Bertz CT molecular complexity index is 496. The van der Waals surface area contributed by atoms with Crippen molar-refractivity contribution in [2.45, 2.75) is 26.8 Å². The molecule has 1 heterocycles. The zero-order valence-electron chi connectivity index (χ0n) is 11.0. The Morgan fingerprint density at radius 1 is 1.22 bits per heavy atom. The van der Waals surface area contributed by atoms with Crippen LogP contribution in [0.2, 0.25) is 0 Å². The summed E-state index contributed by atoms with van der Waals surface area (Å²) in [4.78, 5) is 2.63. The van der Waals surface area contributed by atoms with E-state index < -0.39 is 0 Å². The van der Waals surface area contributed by atoms with Crippen LogP contribution in [0, 0.1) is 19.7 Å². The molecule has 2 aromatic rings. The van der Waals surface area contributed by atoms with Gasteiger partial charge in [-0.2, -0.15) is 0 Å². The molecule has 0 radical (unpaired) electrons. The number of aryl methyl sites for hydroxylation is 2. The van der Waals surface area contributed by atoms with Gasteiger partial charge in [-0.25, -0.2) is 4.39 Å². The van der Waals surface area contributed by atoms with E-state index in [2.05, 4.69) is 32.2 Å². The molecule has 96 valence electrons. The van der Waals surface area contributed by atoms with Gasteiger partial charge in [0.1, 0.15) is 5.82 Å². The molecule has 1 N–H and O–H groups in total. The van der Waals surface area contributed by atoms with Crippen LogP contribution >= 0.6 is 11.3 Å². The van der Waals surface area contributed by atoms with Crippen LogP contribution in [-0.4, -0.2) is 6.54 Å². The topological polar surface area (TPSA) is 12.0 Å². The van der Waals surface area contributed by atoms with Crippen molar-refractivity contribution in [1.29, 1.82) is 0 Å². The van der Waals surface area contributed by atoms with Crippen molar-refractivity contribution in [2.75, 3.05) is 6.54 Å². The van der Waals surface area contributed by atoms with Crippen molar-refractivity contribution < 1.29 is 4.39 Å². The van der Waals surface area contributed by atoms with E-state index in [1.807, 2.05) is 12.1 Å². The molecule has 0 fully saturated rings. The molecule has 0 spiro atoms. The Morgan fingerprint density at radius 2 is 1.89 bits per heavy atom. The Labute approximate surface area is 112 Å². The fourth-order valence-corrected chi connectivity index (χ4v) is 3.13. The van der Waals surface area contributed by atoms with Crippen molar-refractivity contribution in [3.05, 3.63) is 57.0 Å². The molecule has 3 heteroatoms. The maximum Gasteiger partial charge on any atom is 0.123 e. The summed E-state index contributed by atoms with van der Waals surface area (Å²) in [5, 5.41) is 3.46. The number of benzene rings is 1. The highest BCUT2D eigenvalue weighted by molar-refractivity contribution is 7.12. The average Bonchev–Trinajstić information content (AvgIpc) is 2.68. The standard InChI is InChI=1S/C15H18FNS/c1-4-17-15(12-5-7-13(16)8-6-12)14-9-10(2)11(3)18-14/h5-9,15,17H,4H2,1-3H3. The minimum Gasteiger partial charge on any atom is -0.306 e. The minimum absolute atomic E-state index is 0.160. The van der Waals surface area contributed by atoms with Gasteiger partial charge < -0.3 is 5.32 Å². The molecular weight excluding hydrogens is 245 g/mol. The molecule has 0 saturated heterocycles. The smallest absolute Gasteiger partial charge is 0.123 e. The van der Waals surface area contributed by atoms with E-state index in [0.717, 1.165) is 12.1 Å². The Kier molecular flexibility index (Phi) is 4.15. The summed E-state index contributed by atoms with van der Waals surface area (Å²) in [6.07, 6.45) is 0. The van der Waals surface area contributed by atoms with Crippen molar-refractivity contribution >= 4 is 11.3 Å². The van der Waals surface area contributed by atoms with Gasteiger partial charge in [0, 0.05) is 9.75 Å². The van der Waals surface area contributed by atoms with E-state index in [1.54, 1.807) is 11.3 Å². The second kappa shape index (κ2) is 5.63. The predicted octanol–water partition coefficient (Wildman–Crippen LogP) is 4.20. The van der Waals surface area contributed by atoms with Gasteiger partial charge in [-0.3, -0.25) is 0 Å². The second-order valence-electron chi connectivity index (χ2n) is 4.43. The number of rotatable bonds is 4. The van der Waals surface area contributed by atoms with Gasteiger partial charge in [0.25, 0.3) is 0 Å². The molecular formula is C15H18FNS. The first-order valence-corrected chi connectivity index (χ1v) is 6.99. The lowest BCUT2D eigenvalue weighted by Gasteiger charge is -2.16. The first kappa shape index (κ1) is 13.2. The molecule has 1 aromatic carbocycles. The maximum absolute atomic E-state index is 13.0. The number of thiophene rings is 1. The lowest BCUT2D eigenvalue weighted by Crippen LogP contribution is -2.21. The number of hydrogen-bond acceptors (Lipinski definition) is 2. The second-order valence-corrected chi connectivity index (χ2v) is 5.72. The normalized spacial score (nSPS) is 12.7. The largest absolute Gasteiger partial charge is 0.306 e. The summed E-state index contributed by atoms with van der Waals surface area (Å²) in [6, 6.07) is 9.13. The number of nitrogens with one attached hydrogen (secondary N) is 1. The molecule has 1 aromatic heterocycles. The van der Waals surface area contributed by atoms with E-state index in [9.17, 15) is 4.39 Å². The van der Waals surface area contributed by atoms with E-state index in [1.165, 1.54) is 27.5 Å². The third-order valence-electron chi connectivity index (χ3n) is 3.08. The van der Waals surface area contributed by atoms with Crippen LogP contribution < -0.4 is 5.32 Å². The SMILES string of the molecule is CCNC(c1ccc(F)cc1)c1cc(C)c(C)s1. The fraction of sp³-hybridized carbons (Fsp3) is 0.333. The first-order valence-electron chi connectivity index (χ1n) is 6.17. The van der Waals surface area contributed by atoms with Crippen molar-refractivity contribution in [2.24, 2.45) is 0 Å². The van der Waals surface area contributed by atoms with Crippen molar-refractivity contribution in [1.82, 2.24) is 5.32 Å². The maximum atomic E-state index is 13.0. The van der Waals surface area contributed by atoms with E-state index in [4.69, 9.17) is 0 Å². The number of halogens is 1. The molecule has 0 bridgehead atoms. The third-order valence-corrected chi connectivity index (χ3v) is 4.30. The summed E-state index contributed by atoms with van der Waals surface area (Å²) in [6.45, 7) is 7.24. The molecule has 0 aliphatic carbocycles. The van der Waals surface area contributed by atoms with Gasteiger partial charge in [-0.1, -0.05) is 19.1 Å². The van der Waals surface area contributed by atoms with Crippen LogP contribution in [0.5, 0.6) is 0 Å². The van der Waals surface area contributed by atoms with Crippen molar-refractivity contribution in [3.63, 3.8) is 0 Å². The van der Waals surface area contributed by atoms with Gasteiger partial charge in [0.2, 0.25) is 0 Å². The molecule has 0 aliphatic heterocycles. The van der Waals surface area contributed by atoms with E-state index in [-0.39, 0.29) is 11.9 Å². The zero-order chi connectivity index (χ0) is 13.1. The number of hydrogen-bond donors (Lipinski definition) is 1. The zero-order valence-corrected chi connectivity index (χ0v) is 11.8. The van der Waals surface area contributed by atoms with Crippen LogP contribution in [0.15, 0.2) is 30.3 Å². The highest BCUT2D eigenvalue weighted by Gasteiger charge is 2.15. The Morgan fingerprint density at radius 3 is 2.39 bits per heavy atom. The van der Waals surface area contributed by atoms with Crippen LogP contribution in [0.4, 0.5) is 4.39 Å². The molecule has 0 aliphatic rings. The van der Waals surface area contributed by atoms with Crippen molar-refractivity contribution in [3.8, 4) is 0 Å². The summed E-state index contributed by atoms with van der Waals surface area (Å²) >= 11 is 1.81. The van der Waals surface area contributed by atoms with Crippen LogP contribution in [0.25, 0.3) is 0 Å². The van der Waals surface area contributed by atoms with Crippen LogP contribution in [0.1, 0.15) is 33.8 Å². The molecule has 1 atom stereocenters. The van der Waals surface area contributed by atoms with Gasteiger partial charge in [-0.15, -0.1) is 11.3 Å². The monoisotopic (exact) mass is 263 g/mol. The van der Waals surface area contributed by atoms with Gasteiger partial charge in [0.05, 0.1) is 6.04 Å².